The Hall–Kier alpha value is -1.02. The molecule has 0 spiro atoms. The molecule has 0 saturated carbocycles. The van der Waals surface area contributed by atoms with Crippen LogP contribution in [0.4, 0.5) is 0 Å². The summed E-state index contributed by atoms with van der Waals surface area (Å²) in [5.41, 5.74) is 5.34. The van der Waals surface area contributed by atoms with E-state index < -0.39 is 20.0 Å². The van der Waals surface area contributed by atoms with Crippen LogP contribution >= 0.6 is 7.82 Å². The number of phosphoric ester groups is 1. The number of aliphatic hydroxyl groups excluding tert-OH is 1. The molecule has 266 valence electrons. The van der Waals surface area contributed by atoms with Gasteiger partial charge in [-0.3, -0.25) is 13.8 Å². The van der Waals surface area contributed by atoms with E-state index in [1.54, 1.807) is 6.08 Å². The molecule has 0 heterocycles. The van der Waals surface area contributed by atoms with Gasteiger partial charge in [0, 0.05) is 13.0 Å². The number of hydrogen-bond donors (Lipinski definition) is 4. The lowest BCUT2D eigenvalue weighted by atomic mass is 10.0. The van der Waals surface area contributed by atoms with Crippen LogP contribution in [0.5, 0.6) is 0 Å². The number of allylic oxidation sites excluding steroid dienone is 3. The molecule has 0 aromatic heterocycles. The van der Waals surface area contributed by atoms with Crippen LogP contribution in [0.3, 0.4) is 0 Å². The summed E-state index contributed by atoms with van der Waals surface area (Å²) in [6.45, 7) is 4.08. The molecule has 0 radical (unpaired) electrons. The topological polar surface area (TPSA) is 131 Å². The summed E-state index contributed by atoms with van der Waals surface area (Å²) in [6.07, 6.45) is 35.1. The number of rotatable bonds is 34. The predicted octanol–water partition coefficient (Wildman–Crippen LogP) is 9.44. The third kappa shape index (κ3) is 31.4. The standard InChI is InChI=1S/C36H71N2O6P/c1-3-5-7-9-11-13-15-16-17-18-20-22-24-26-28-30-36(40)38-34(33-44-45(41,42)43-32-31-37)35(39)29-27-25-23-21-19-14-12-10-8-6-4-2/h19,21,27,29,34-35,39H,3-18,20,22-26,28,30-33,37H2,1-2H3,(H,38,40)(H,41,42)/b21-19+,29-27+. The molecule has 0 aliphatic rings. The molecule has 1 amide bonds. The second-order valence-electron chi connectivity index (χ2n) is 12.4. The van der Waals surface area contributed by atoms with Gasteiger partial charge in [-0.05, 0) is 32.1 Å². The maximum Gasteiger partial charge on any atom is 0.472 e. The average Bonchev–Trinajstić information content (AvgIpc) is 3.02. The summed E-state index contributed by atoms with van der Waals surface area (Å²) in [5.74, 6) is -0.205. The fourth-order valence-electron chi connectivity index (χ4n) is 5.20. The van der Waals surface area contributed by atoms with Crippen LogP contribution in [0.1, 0.15) is 168 Å². The molecule has 0 saturated heterocycles. The highest BCUT2D eigenvalue weighted by Gasteiger charge is 2.26. The van der Waals surface area contributed by atoms with E-state index in [0.717, 1.165) is 38.5 Å². The smallest absolute Gasteiger partial charge is 0.387 e. The Morgan fingerprint density at radius 2 is 1.18 bits per heavy atom. The van der Waals surface area contributed by atoms with E-state index in [0.29, 0.717) is 6.42 Å². The van der Waals surface area contributed by atoms with E-state index in [1.165, 1.54) is 109 Å². The Morgan fingerprint density at radius 1 is 0.711 bits per heavy atom. The Morgan fingerprint density at radius 3 is 1.71 bits per heavy atom. The Bertz CT molecular complexity index is 764. The number of amides is 1. The molecular weight excluding hydrogens is 587 g/mol. The summed E-state index contributed by atoms with van der Waals surface area (Å²) >= 11 is 0. The van der Waals surface area contributed by atoms with Crippen molar-refractivity contribution in [1.29, 1.82) is 0 Å². The molecule has 3 unspecified atom stereocenters. The van der Waals surface area contributed by atoms with Crippen molar-refractivity contribution < 1.29 is 28.4 Å². The first-order chi connectivity index (χ1) is 21.9. The lowest BCUT2D eigenvalue weighted by Crippen LogP contribution is -2.45. The van der Waals surface area contributed by atoms with Gasteiger partial charge in [0.05, 0.1) is 25.4 Å². The molecule has 3 atom stereocenters. The van der Waals surface area contributed by atoms with E-state index in [-0.39, 0.29) is 25.7 Å². The molecule has 45 heavy (non-hydrogen) atoms. The maximum absolute atomic E-state index is 12.7. The SMILES string of the molecule is CCCCCCC/C=C/CC/C=C/C(O)C(COP(=O)(O)OCCN)NC(=O)CCCCCCCCCCCCCCCCC. The van der Waals surface area contributed by atoms with Crippen molar-refractivity contribution >= 4 is 13.7 Å². The van der Waals surface area contributed by atoms with Gasteiger partial charge in [-0.1, -0.05) is 154 Å². The Balaban J connectivity index is 4.33. The molecule has 0 fully saturated rings. The molecular formula is C36H71N2O6P. The number of carbonyl (C=O) groups excluding carboxylic acids is 1. The third-order valence-corrected chi connectivity index (χ3v) is 9.01. The monoisotopic (exact) mass is 659 g/mol. The maximum atomic E-state index is 12.7. The molecule has 0 aliphatic heterocycles. The van der Waals surface area contributed by atoms with Gasteiger partial charge in [-0.2, -0.15) is 0 Å². The lowest BCUT2D eigenvalue weighted by Gasteiger charge is -2.23. The van der Waals surface area contributed by atoms with Crippen molar-refractivity contribution in [3.63, 3.8) is 0 Å². The molecule has 0 aromatic rings. The fourth-order valence-corrected chi connectivity index (χ4v) is 5.96. The van der Waals surface area contributed by atoms with Crippen LogP contribution < -0.4 is 11.1 Å². The number of hydrogen-bond acceptors (Lipinski definition) is 6. The van der Waals surface area contributed by atoms with Gasteiger partial charge in [-0.25, -0.2) is 4.57 Å². The van der Waals surface area contributed by atoms with Gasteiger partial charge in [0.25, 0.3) is 0 Å². The van der Waals surface area contributed by atoms with Gasteiger partial charge >= 0.3 is 7.82 Å². The quantitative estimate of drug-likeness (QED) is 0.0308. The predicted molar refractivity (Wildman–Crippen MR) is 189 cm³/mol. The van der Waals surface area contributed by atoms with Crippen molar-refractivity contribution in [2.75, 3.05) is 19.8 Å². The highest BCUT2D eigenvalue weighted by molar-refractivity contribution is 7.47. The highest BCUT2D eigenvalue weighted by Crippen LogP contribution is 2.43. The average molecular weight is 659 g/mol. The van der Waals surface area contributed by atoms with Crippen LogP contribution in [-0.4, -0.2) is 47.8 Å². The minimum absolute atomic E-state index is 0.0754. The molecule has 0 aliphatic carbocycles. The molecule has 0 rings (SSSR count). The van der Waals surface area contributed by atoms with Crippen LogP contribution in [0.25, 0.3) is 0 Å². The zero-order chi connectivity index (χ0) is 33.3. The fraction of sp³-hybridized carbons (Fsp3) is 0.861. The van der Waals surface area contributed by atoms with E-state index in [1.807, 2.05) is 6.08 Å². The number of unbranched alkanes of at least 4 members (excludes halogenated alkanes) is 20. The summed E-state index contributed by atoms with van der Waals surface area (Å²) in [5, 5.41) is 13.5. The zero-order valence-electron chi connectivity index (χ0n) is 29.1. The van der Waals surface area contributed by atoms with Crippen molar-refractivity contribution in [3.8, 4) is 0 Å². The molecule has 8 nitrogen and oxygen atoms in total. The Labute approximate surface area is 277 Å². The summed E-state index contributed by atoms with van der Waals surface area (Å²) in [6, 6.07) is -0.870. The van der Waals surface area contributed by atoms with Crippen molar-refractivity contribution in [2.24, 2.45) is 5.73 Å². The molecule has 0 aromatic carbocycles. The summed E-state index contributed by atoms with van der Waals surface area (Å²) < 4.78 is 22.0. The minimum atomic E-state index is -4.33. The van der Waals surface area contributed by atoms with Gasteiger partial charge in [0.15, 0.2) is 0 Å². The van der Waals surface area contributed by atoms with Gasteiger partial charge in [0.2, 0.25) is 5.91 Å². The second-order valence-corrected chi connectivity index (χ2v) is 13.9. The number of nitrogens with one attached hydrogen (secondary N) is 1. The molecule has 5 N–H and O–H groups in total. The minimum Gasteiger partial charge on any atom is -0.387 e. The third-order valence-electron chi connectivity index (χ3n) is 8.03. The molecule has 9 heteroatoms. The largest absolute Gasteiger partial charge is 0.472 e. The lowest BCUT2D eigenvalue weighted by molar-refractivity contribution is -0.123. The van der Waals surface area contributed by atoms with Gasteiger partial charge in [0.1, 0.15) is 0 Å². The first kappa shape index (κ1) is 44.0. The number of aliphatic hydroxyl groups is 1. The summed E-state index contributed by atoms with van der Waals surface area (Å²) in [7, 11) is -4.33. The van der Waals surface area contributed by atoms with Crippen LogP contribution in [-0.2, 0) is 18.4 Å². The second kappa shape index (κ2) is 32.9. The number of carbonyl (C=O) groups is 1. The first-order valence-corrected chi connectivity index (χ1v) is 20.0. The van der Waals surface area contributed by atoms with Gasteiger partial charge < -0.3 is 21.1 Å². The van der Waals surface area contributed by atoms with Crippen molar-refractivity contribution in [2.45, 2.75) is 180 Å². The Kier molecular flexibility index (Phi) is 32.2. The van der Waals surface area contributed by atoms with Crippen LogP contribution in [0, 0.1) is 0 Å². The zero-order valence-corrected chi connectivity index (χ0v) is 30.0. The van der Waals surface area contributed by atoms with E-state index in [9.17, 15) is 19.4 Å². The van der Waals surface area contributed by atoms with Crippen molar-refractivity contribution in [1.82, 2.24) is 5.32 Å². The highest BCUT2D eigenvalue weighted by atomic mass is 31.2. The van der Waals surface area contributed by atoms with E-state index in [2.05, 4.69) is 31.3 Å². The normalized spacial score (nSPS) is 14.7. The van der Waals surface area contributed by atoms with Gasteiger partial charge in [-0.15, -0.1) is 0 Å². The summed E-state index contributed by atoms with van der Waals surface area (Å²) in [4.78, 5) is 22.5. The van der Waals surface area contributed by atoms with Crippen molar-refractivity contribution in [3.05, 3.63) is 24.3 Å². The molecule has 0 bridgehead atoms. The number of nitrogens with two attached hydrogens (primary N) is 1. The van der Waals surface area contributed by atoms with E-state index >= 15 is 0 Å². The first-order valence-electron chi connectivity index (χ1n) is 18.5. The van der Waals surface area contributed by atoms with Crippen LogP contribution in [0.2, 0.25) is 0 Å². The number of phosphoric acid groups is 1. The van der Waals surface area contributed by atoms with E-state index in [4.69, 9.17) is 14.8 Å². The van der Waals surface area contributed by atoms with Crippen LogP contribution in [0.15, 0.2) is 24.3 Å².